The number of sulfonamides is 1. The van der Waals surface area contributed by atoms with Gasteiger partial charge in [-0.25, -0.2) is 18.2 Å². The Hall–Kier alpha value is -2.71. The van der Waals surface area contributed by atoms with Crippen molar-refractivity contribution in [3.05, 3.63) is 59.4 Å². The summed E-state index contributed by atoms with van der Waals surface area (Å²) in [6.45, 7) is 2.85. The van der Waals surface area contributed by atoms with Crippen LogP contribution in [0.4, 0.5) is 0 Å². The molecule has 1 saturated carbocycles. The molecule has 5 rings (SSSR count). The van der Waals surface area contributed by atoms with E-state index in [0.29, 0.717) is 42.4 Å². The number of fused-ring (bicyclic) bond motifs is 1. The van der Waals surface area contributed by atoms with E-state index in [-0.39, 0.29) is 11.5 Å². The SMILES string of the molecule is Cc1ccc(S(=O)(=O)N2CCC(c3nc4cc(C(=O)O)ccc4n3C3CCCC3)CC2)cc1. The van der Waals surface area contributed by atoms with Gasteiger partial charge in [0.1, 0.15) is 5.82 Å². The van der Waals surface area contributed by atoms with Crippen LogP contribution >= 0.6 is 0 Å². The summed E-state index contributed by atoms with van der Waals surface area (Å²) in [7, 11) is -3.51. The zero-order valence-corrected chi connectivity index (χ0v) is 19.6. The number of aryl methyl sites for hydroxylation is 1. The fourth-order valence-electron chi connectivity index (χ4n) is 5.30. The van der Waals surface area contributed by atoms with Crippen molar-refractivity contribution in [2.24, 2.45) is 0 Å². The highest BCUT2D eigenvalue weighted by molar-refractivity contribution is 7.89. The van der Waals surface area contributed by atoms with E-state index < -0.39 is 16.0 Å². The summed E-state index contributed by atoms with van der Waals surface area (Å²) < 4.78 is 30.1. The number of nitrogens with zero attached hydrogens (tertiary/aromatic N) is 3. The lowest BCUT2D eigenvalue weighted by atomic mass is 9.97. The van der Waals surface area contributed by atoms with E-state index in [1.165, 1.54) is 12.8 Å². The van der Waals surface area contributed by atoms with Gasteiger partial charge in [-0.3, -0.25) is 0 Å². The van der Waals surface area contributed by atoms with Gasteiger partial charge in [0.2, 0.25) is 10.0 Å². The van der Waals surface area contributed by atoms with Crippen molar-refractivity contribution in [3.63, 3.8) is 0 Å². The maximum atomic E-state index is 13.1. The first-order chi connectivity index (χ1) is 15.8. The largest absolute Gasteiger partial charge is 0.478 e. The highest BCUT2D eigenvalue weighted by atomic mass is 32.2. The number of imidazole rings is 1. The molecule has 2 fully saturated rings. The summed E-state index contributed by atoms with van der Waals surface area (Å²) in [5, 5.41) is 9.40. The van der Waals surface area contributed by atoms with E-state index in [1.54, 1.807) is 28.6 Å². The van der Waals surface area contributed by atoms with Crippen LogP contribution < -0.4 is 0 Å². The van der Waals surface area contributed by atoms with Crippen LogP contribution in [-0.2, 0) is 10.0 Å². The predicted octanol–water partition coefficient (Wildman–Crippen LogP) is 4.73. The van der Waals surface area contributed by atoms with E-state index in [1.807, 2.05) is 25.1 Å². The lowest BCUT2D eigenvalue weighted by Crippen LogP contribution is -2.38. The third-order valence-corrected chi connectivity index (χ3v) is 9.04. The molecule has 0 radical (unpaired) electrons. The van der Waals surface area contributed by atoms with E-state index in [4.69, 9.17) is 4.98 Å². The summed E-state index contributed by atoms with van der Waals surface area (Å²) in [5.74, 6) is 0.172. The number of hydrogen-bond donors (Lipinski definition) is 1. The fraction of sp³-hybridized carbons (Fsp3) is 0.440. The van der Waals surface area contributed by atoms with Crippen LogP contribution in [0.1, 0.15) is 72.2 Å². The van der Waals surface area contributed by atoms with Crippen molar-refractivity contribution >= 4 is 27.0 Å². The monoisotopic (exact) mass is 467 g/mol. The quantitative estimate of drug-likeness (QED) is 0.586. The zero-order valence-electron chi connectivity index (χ0n) is 18.8. The van der Waals surface area contributed by atoms with Crippen LogP contribution in [-0.4, -0.2) is 46.4 Å². The van der Waals surface area contributed by atoms with Crippen molar-refractivity contribution in [1.82, 2.24) is 13.9 Å². The van der Waals surface area contributed by atoms with Crippen LogP contribution in [0.2, 0.25) is 0 Å². The van der Waals surface area contributed by atoms with Gasteiger partial charge in [-0.15, -0.1) is 0 Å². The van der Waals surface area contributed by atoms with Gasteiger partial charge in [0, 0.05) is 25.0 Å². The molecule has 3 aromatic rings. The van der Waals surface area contributed by atoms with Crippen LogP contribution in [0, 0.1) is 6.92 Å². The number of carboxylic acids is 1. The number of hydrogen-bond acceptors (Lipinski definition) is 4. The van der Waals surface area contributed by atoms with E-state index >= 15 is 0 Å². The van der Waals surface area contributed by atoms with Gasteiger partial charge in [-0.05, 0) is 62.9 Å². The normalized spacial score (nSPS) is 18.8. The van der Waals surface area contributed by atoms with E-state index in [0.717, 1.165) is 29.7 Å². The number of benzene rings is 2. The topological polar surface area (TPSA) is 92.5 Å². The van der Waals surface area contributed by atoms with E-state index in [2.05, 4.69) is 4.57 Å². The molecule has 0 unspecified atom stereocenters. The predicted molar refractivity (Wildman–Crippen MR) is 126 cm³/mol. The van der Waals surface area contributed by atoms with Crippen LogP contribution in [0.15, 0.2) is 47.4 Å². The second-order valence-electron chi connectivity index (χ2n) is 9.28. The lowest BCUT2D eigenvalue weighted by molar-refractivity contribution is 0.0697. The smallest absolute Gasteiger partial charge is 0.335 e. The Labute approximate surface area is 194 Å². The highest BCUT2D eigenvalue weighted by Gasteiger charge is 2.33. The molecule has 2 heterocycles. The minimum Gasteiger partial charge on any atom is -0.478 e. The molecule has 2 aliphatic rings. The first kappa shape index (κ1) is 22.1. The molecule has 174 valence electrons. The Morgan fingerprint density at radius 3 is 2.30 bits per heavy atom. The summed E-state index contributed by atoms with van der Waals surface area (Å²) in [4.78, 5) is 16.7. The molecular weight excluding hydrogens is 438 g/mol. The Morgan fingerprint density at radius 2 is 1.67 bits per heavy atom. The standard InChI is InChI=1S/C25H29N3O4S/c1-17-6-9-21(10-7-17)33(31,32)27-14-12-18(13-15-27)24-26-22-16-19(25(29)30)8-11-23(22)28(24)20-4-2-3-5-20/h6-11,16,18,20H,2-5,12-15H2,1H3,(H,29,30). The van der Waals surface area contributed by atoms with Crippen LogP contribution in [0.3, 0.4) is 0 Å². The van der Waals surface area contributed by atoms with Gasteiger partial charge in [0.25, 0.3) is 0 Å². The van der Waals surface area contributed by atoms with Crippen molar-refractivity contribution < 1.29 is 18.3 Å². The average molecular weight is 468 g/mol. The lowest BCUT2D eigenvalue weighted by Gasteiger charge is -2.32. The summed E-state index contributed by atoms with van der Waals surface area (Å²) in [6.07, 6.45) is 5.97. The fourth-order valence-corrected chi connectivity index (χ4v) is 6.77. The number of aromatic carboxylic acids is 1. The van der Waals surface area contributed by atoms with Crippen molar-refractivity contribution in [1.29, 1.82) is 0 Å². The van der Waals surface area contributed by atoms with Gasteiger partial charge in [-0.1, -0.05) is 30.5 Å². The number of carboxylic acid groups (broad SMARTS) is 1. The molecule has 1 N–H and O–H groups in total. The molecule has 0 atom stereocenters. The first-order valence-corrected chi connectivity index (χ1v) is 13.1. The molecule has 1 aliphatic heterocycles. The van der Waals surface area contributed by atoms with E-state index in [9.17, 15) is 18.3 Å². The molecular formula is C25H29N3O4S. The van der Waals surface area contributed by atoms with Gasteiger partial charge >= 0.3 is 5.97 Å². The number of aromatic nitrogens is 2. The van der Waals surface area contributed by atoms with Crippen molar-refractivity contribution in [2.45, 2.75) is 62.3 Å². The number of piperidine rings is 1. The van der Waals surface area contributed by atoms with Crippen molar-refractivity contribution in [3.8, 4) is 0 Å². The molecule has 7 nitrogen and oxygen atoms in total. The van der Waals surface area contributed by atoms with Gasteiger partial charge < -0.3 is 9.67 Å². The Morgan fingerprint density at radius 1 is 1.00 bits per heavy atom. The summed E-state index contributed by atoms with van der Waals surface area (Å²) >= 11 is 0. The molecule has 1 aliphatic carbocycles. The molecule has 2 aromatic carbocycles. The Kier molecular flexibility index (Phi) is 5.74. The number of rotatable bonds is 5. The zero-order chi connectivity index (χ0) is 23.2. The Balaban J connectivity index is 1.43. The molecule has 1 aromatic heterocycles. The van der Waals surface area contributed by atoms with Crippen molar-refractivity contribution in [2.75, 3.05) is 13.1 Å². The molecule has 0 bridgehead atoms. The van der Waals surface area contributed by atoms with Crippen LogP contribution in [0.5, 0.6) is 0 Å². The van der Waals surface area contributed by atoms with Gasteiger partial charge in [-0.2, -0.15) is 4.31 Å². The summed E-state index contributed by atoms with van der Waals surface area (Å²) in [5.41, 5.74) is 2.97. The molecule has 0 spiro atoms. The third-order valence-electron chi connectivity index (χ3n) is 7.13. The molecule has 8 heteroatoms. The second-order valence-corrected chi connectivity index (χ2v) is 11.2. The first-order valence-electron chi connectivity index (χ1n) is 11.7. The highest BCUT2D eigenvalue weighted by Crippen LogP contribution is 2.39. The summed E-state index contributed by atoms with van der Waals surface area (Å²) in [6, 6.07) is 12.6. The maximum absolute atomic E-state index is 13.1. The minimum atomic E-state index is -3.51. The maximum Gasteiger partial charge on any atom is 0.335 e. The molecule has 33 heavy (non-hydrogen) atoms. The molecule has 0 amide bonds. The third kappa shape index (κ3) is 4.06. The second kappa shape index (κ2) is 8.57. The van der Waals surface area contributed by atoms with Gasteiger partial charge in [0.15, 0.2) is 0 Å². The minimum absolute atomic E-state index is 0.149. The number of carbonyl (C=O) groups is 1. The average Bonchev–Trinajstić information content (AvgIpc) is 3.46. The van der Waals surface area contributed by atoms with Gasteiger partial charge in [0.05, 0.1) is 21.5 Å². The Bertz CT molecular complexity index is 1280. The molecule has 1 saturated heterocycles. The van der Waals surface area contributed by atoms with Crippen LogP contribution in [0.25, 0.3) is 11.0 Å².